The van der Waals surface area contributed by atoms with E-state index in [0.29, 0.717) is 12.1 Å². The lowest BCUT2D eigenvalue weighted by molar-refractivity contribution is 0.411. The first-order valence-electron chi connectivity index (χ1n) is 6.51. The molecule has 0 saturated carbocycles. The fourth-order valence-corrected chi connectivity index (χ4v) is 2.61. The van der Waals surface area contributed by atoms with Gasteiger partial charge >= 0.3 is 0 Å². The monoisotopic (exact) mass is 355 g/mol. The number of nitrogens with one attached hydrogen (secondary N) is 1. The molecule has 2 rings (SSSR count). The quantitative estimate of drug-likeness (QED) is 0.846. The Morgan fingerprint density at radius 3 is 2.38 bits per heavy atom. The molecule has 0 saturated heterocycles. The summed E-state index contributed by atoms with van der Waals surface area (Å²) in [5, 5.41) is 3.24. The molecule has 0 amide bonds. The minimum absolute atomic E-state index is 0.0403. The molecule has 2 aromatic rings. The van der Waals surface area contributed by atoms with Crippen molar-refractivity contribution < 1.29 is 13.5 Å². The minimum Gasteiger partial charge on any atom is -0.496 e. The number of ether oxygens (including phenoxy) is 1. The molecule has 1 atom stereocenters. The molecule has 112 valence electrons. The van der Waals surface area contributed by atoms with Gasteiger partial charge in [0.05, 0.1) is 11.6 Å². The van der Waals surface area contributed by atoms with E-state index in [1.165, 1.54) is 12.1 Å². The molecule has 0 spiro atoms. The standard InChI is InChI=1S/C16H16BrF2NO/c1-10(12-3-4-16(21-2)15(17)7-12)20-9-11-5-13(18)8-14(19)6-11/h3-8,10,20H,9H2,1-2H3. The van der Waals surface area contributed by atoms with Gasteiger partial charge in [-0.1, -0.05) is 6.07 Å². The number of hydrogen-bond donors (Lipinski definition) is 1. The van der Waals surface area contributed by atoms with Crippen LogP contribution in [0.4, 0.5) is 8.78 Å². The average Bonchev–Trinajstić information content (AvgIpc) is 2.43. The summed E-state index contributed by atoms with van der Waals surface area (Å²) in [5.41, 5.74) is 1.63. The number of hydrogen-bond acceptors (Lipinski definition) is 2. The van der Waals surface area contributed by atoms with Crippen LogP contribution in [0.3, 0.4) is 0 Å². The van der Waals surface area contributed by atoms with Crippen molar-refractivity contribution in [3.8, 4) is 5.75 Å². The summed E-state index contributed by atoms with van der Waals surface area (Å²) in [7, 11) is 1.61. The Balaban J connectivity index is 2.04. The van der Waals surface area contributed by atoms with Crippen LogP contribution < -0.4 is 10.1 Å². The molecule has 1 unspecified atom stereocenters. The Bertz CT molecular complexity index is 613. The van der Waals surface area contributed by atoms with Crippen molar-refractivity contribution in [1.29, 1.82) is 0 Å². The van der Waals surface area contributed by atoms with Crippen molar-refractivity contribution in [2.24, 2.45) is 0 Å². The molecule has 0 aliphatic heterocycles. The van der Waals surface area contributed by atoms with E-state index < -0.39 is 11.6 Å². The van der Waals surface area contributed by atoms with Gasteiger partial charge in [0.1, 0.15) is 17.4 Å². The second-order valence-corrected chi connectivity index (χ2v) is 5.63. The maximum atomic E-state index is 13.1. The molecule has 0 aromatic heterocycles. The van der Waals surface area contributed by atoms with Gasteiger partial charge < -0.3 is 10.1 Å². The van der Waals surface area contributed by atoms with Crippen LogP contribution in [0.5, 0.6) is 5.75 Å². The fraction of sp³-hybridized carbons (Fsp3) is 0.250. The summed E-state index contributed by atoms with van der Waals surface area (Å²) < 4.78 is 32.3. The predicted octanol–water partition coefficient (Wildman–Crippen LogP) is 4.59. The highest BCUT2D eigenvalue weighted by Gasteiger charge is 2.09. The number of methoxy groups -OCH3 is 1. The Kier molecular flexibility index (Phi) is 5.31. The van der Waals surface area contributed by atoms with Crippen LogP contribution in [-0.4, -0.2) is 7.11 Å². The summed E-state index contributed by atoms with van der Waals surface area (Å²) >= 11 is 3.44. The van der Waals surface area contributed by atoms with E-state index in [4.69, 9.17) is 4.74 Å². The van der Waals surface area contributed by atoms with Gasteiger partial charge in [-0.25, -0.2) is 8.78 Å². The lowest BCUT2D eigenvalue weighted by Gasteiger charge is -2.16. The van der Waals surface area contributed by atoms with Gasteiger partial charge in [-0.05, 0) is 58.2 Å². The van der Waals surface area contributed by atoms with E-state index >= 15 is 0 Å². The largest absolute Gasteiger partial charge is 0.496 e. The highest BCUT2D eigenvalue weighted by Crippen LogP contribution is 2.28. The summed E-state index contributed by atoms with van der Waals surface area (Å²) in [5.74, 6) is -0.364. The van der Waals surface area contributed by atoms with Crippen LogP contribution in [0.25, 0.3) is 0 Å². The van der Waals surface area contributed by atoms with E-state index in [1.54, 1.807) is 7.11 Å². The number of benzene rings is 2. The maximum absolute atomic E-state index is 13.1. The van der Waals surface area contributed by atoms with Crippen LogP contribution >= 0.6 is 15.9 Å². The highest BCUT2D eigenvalue weighted by atomic mass is 79.9. The molecule has 5 heteroatoms. The van der Waals surface area contributed by atoms with E-state index in [1.807, 2.05) is 25.1 Å². The van der Waals surface area contributed by atoms with Gasteiger partial charge in [0.2, 0.25) is 0 Å². The van der Waals surface area contributed by atoms with Crippen LogP contribution in [0.15, 0.2) is 40.9 Å². The topological polar surface area (TPSA) is 21.3 Å². The second-order valence-electron chi connectivity index (χ2n) is 4.77. The van der Waals surface area contributed by atoms with Crippen molar-refractivity contribution in [1.82, 2.24) is 5.32 Å². The Morgan fingerprint density at radius 1 is 1.14 bits per heavy atom. The number of rotatable bonds is 5. The molecule has 21 heavy (non-hydrogen) atoms. The van der Waals surface area contributed by atoms with E-state index in [-0.39, 0.29) is 6.04 Å². The van der Waals surface area contributed by atoms with Gasteiger partial charge in [-0.3, -0.25) is 0 Å². The first kappa shape index (κ1) is 15.9. The molecule has 0 radical (unpaired) electrons. The summed E-state index contributed by atoms with van der Waals surface area (Å²) in [6.07, 6.45) is 0. The van der Waals surface area contributed by atoms with E-state index in [0.717, 1.165) is 21.9 Å². The van der Waals surface area contributed by atoms with E-state index in [2.05, 4.69) is 21.2 Å². The first-order valence-corrected chi connectivity index (χ1v) is 7.30. The van der Waals surface area contributed by atoms with Gasteiger partial charge in [0.25, 0.3) is 0 Å². The Morgan fingerprint density at radius 2 is 1.81 bits per heavy atom. The van der Waals surface area contributed by atoms with Gasteiger partial charge in [-0.2, -0.15) is 0 Å². The lowest BCUT2D eigenvalue weighted by Crippen LogP contribution is -2.18. The van der Waals surface area contributed by atoms with Crippen molar-refractivity contribution in [2.45, 2.75) is 19.5 Å². The molecule has 0 fully saturated rings. The van der Waals surface area contributed by atoms with E-state index in [9.17, 15) is 8.78 Å². The smallest absolute Gasteiger partial charge is 0.133 e. The third-order valence-electron chi connectivity index (χ3n) is 3.21. The highest BCUT2D eigenvalue weighted by molar-refractivity contribution is 9.10. The zero-order chi connectivity index (χ0) is 15.4. The third kappa shape index (κ3) is 4.25. The molecular formula is C16H16BrF2NO. The zero-order valence-corrected chi connectivity index (χ0v) is 13.4. The number of halogens is 3. The Hall–Kier alpha value is -1.46. The zero-order valence-electron chi connectivity index (χ0n) is 11.8. The first-order chi connectivity index (χ1) is 9.99. The molecule has 1 N–H and O–H groups in total. The van der Waals surface area contributed by atoms with Crippen molar-refractivity contribution >= 4 is 15.9 Å². The van der Waals surface area contributed by atoms with Gasteiger partial charge in [0, 0.05) is 18.7 Å². The Labute approximate surface area is 131 Å². The summed E-state index contributed by atoms with van der Waals surface area (Å²) in [6, 6.07) is 9.35. The lowest BCUT2D eigenvalue weighted by atomic mass is 10.1. The van der Waals surface area contributed by atoms with Crippen molar-refractivity contribution in [3.63, 3.8) is 0 Å². The molecule has 0 aliphatic rings. The van der Waals surface area contributed by atoms with Gasteiger partial charge in [0.15, 0.2) is 0 Å². The molecule has 0 bridgehead atoms. The third-order valence-corrected chi connectivity index (χ3v) is 3.83. The normalized spacial score (nSPS) is 12.2. The second kappa shape index (κ2) is 7.00. The fourth-order valence-electron chi connectivity index (χ4n) is 2.05. The SMILES string of the molecule is COc1ccc(C(C)NCc2cc(F)cc(F)c2)cc1Br. The molecule has 0 heterocycles. The predicted molar refractivity (Wildman–Crippen MR) is 82.3 cm³/mol. The van der Waals surface area contributed by atoms with Crippen LogP contribution in [0.2, 0.25) is 0 Å². The molecule has 2 nitrogen and oxygen atoms in total. The molecular weight excluding hydrogens is 340 g/mol. The summed E-state index contributed by atoms with van der Waals surface area (Å²) in [4.78, 5) is 0. The van der Waals surface area contributed by atoms with Crippen LogP contribution in [0.1, 0.15) is 24.1 Å². The van der Waals surface area contributed by atoms with Crippen molar-refractivity contribution in [2.75, 3.05) is 7.11 Å². The van der Waals surface area contributed by atoms with Crippen LogP contribution in [0, 0.1) is 11.6 Å². The summed E-state index contributed by atoms with van der Waals surface area (Å²) in [6.45, 7) is 2.38. The minimum atomic E-state index is -0.563. The van der Waals surface area contributed by atoms with Crippen LogP contribution in [-0.2, 0) is 6.54 Å². The van der Waals surface area contributed by atoms with Gasteiger partial charge in [-0.15, -0.1) is 0 Å². The average molecular weight is 356 g/mol. The van der Waals surface area contributed by atoms with Crippen molar-refractivity contribution in [3.05, 3.63) is 63.6 Å². The maximum Gasteiger partial charge on any atom is 0.133 e. The molecule has 2 aromatic carbocycles. The molecule has 0 aliphatic carbocycles.